The summed E-state index contributed by atoms with van der Waals surface area (Å²) >= 11 is 0. The number of aromatic nitrogens is 2. The van der Waals surface area contributed by atoms with Crippen molar-refractivity contribution in [2.75, 3.05) is 13.2 Å². The highest BCUT2D eigenvalue weighted by Crippen LogP contribution is 2.15. The van der Waals surface area contributed by atoms with Gasteiger partial charge in [0.05, 0.1) is 18.1 Å². The molecular weight excluding hydrogens is 372 g/mol. The zero-order valence-electron chi connectivity index (χ0n) is 16.3. The number of hydrogen-bond donors (Lipinski definition) is 1. The minimum absolute atomic E-state index is 0.145. The summed E-state index contributed by atoms with van der Waals surface area (Å²) in [5.74, 6) is -0.323. The molecule has 0 aliphatic heterocycles. The zero-order valence-corrected chi connectivity index (χ0v) is 16.3. The van der Waals surface area contributed by atoms with Gasteiger partial charge in [-0.2, -0.15) is 5.10 Å². The summed E-state index contributed by atoms with van der Waals surface area (Å²) in [5, 5.41) is 14.9. The first-order valence-corrected chi connectivity index (χ1v) is 9.59. The molecule has 0 saturated heterocycles. The lowest BCUT2D eigenvalue weighted by molar-refractivity contribution is -0.150. The van der Waals surface area contributed by atoms with E-state index in [1.807, 2.05) is 37.3 Å². The van der Waals surface area contributed by atoms with E-state index in [0.717, 1.165) is 17.4 Å². The van der Waals surface area contributed by atoms with Gasteiger partial charge in [0.1, 0.15) is 12.4 Å². The molecule has 1 N–H and O–H groups in total. The average molecular weight is 396 g/mol. The molecule has 152 valence electrons. The molecule has 3 rings (SSSR count). The number of ether oxygens (including phenoxy) is 2. The number of carboxylic acid groups (broad SMARTS) is 1. The molecule has 1 atom stereocenters. The summed E-state index contributed by atoms with van der Waals surface area (Å²) in [4.78, 5) is 23.7. The van der Waals surface area contributed by atoms with Crippen LogP contribution in [0.1, 0.15) is 18.9 Å². The van der Waals surface area contributed by atoms with Crippen molar-refractivity contribution in [2.45, 2.75) is 32.4 Å². The van der Waals surface area contributed by atoms with Gasteiger partial charge in [-0.25, -0.2) is 9.48 Å². The third-order valence-electron chi connectivity index (χ3n) is 4.48. The topological polar surface area (TPSA) is 90.7 Å². The summed E-state index contributed by atoms with van der Waals surface area (Å²) in [7, 11) is 0. The highest BCUT2D eigenvalue weighted by molar-refractivity contribution is 5.80. The van der Waals surface area contributed by atoms with Crippen molar-refractivity contribution in [3.63, 3.8) is 0 Å². The number of fused-ring (bicyclic) bond motifs is 1. The summed E-state index contributed by atoms with van der Waals surface area (Å²) < 4.78 is 12.5. The standard InChI is InChI=1S/C22H24N2O5/c1-2-12-29-20(22(26)27)14-16-7-9-18(10-8-16)28-13-11-24-21(25)19-6-4-3-5-17(19)15-23-24/h3-10,15,20H,2,11-14H2,1H3,(H,26,27). The van der Waals surface area contributed by atoms with E-state index >= 15 is 0 Å². The fraction of sp³-hybridized carbons (Fsp3) is 0.318. The van der Waals surface area contributed by atoms with Gasteiger partial charge in [-0.15, -0.1) is 0 Å². The Morgan fingerprint density at radius 3 is 2.62 bits per heavy atom. The fourth-order valence-corrected chi connectivity index (χ4v) is 2.95. The van der Waals surface area contributed by atoms with Crippen molar-refractivity contribution in [1.29, 1.82) is 0 Å². The number of hydrogen-bond acceptors (Lipinski definition) is 5. The first kappa shape index (κ1) is 20.5. The molecule has 7 nitrogen and oxygen atoms in total. The largest absolute Gasteiger partial charge is 0.492 e. The minimum atomic E-state index is -0.966. The molecule has 3 aromatic rings. The van der Waals surface area contributed by atoms with Crippen LogP contribution in [0.25, 0.3) is 10.8 Å². The fourth-order valence-electron chi connectivity index (χ4n) is 2.95. The van der Waals surface area contributed by atoms with Crippen molar-refractivity contribution >= 4 is 16.7 Å². The average Bonchev–Trinajstić information content (AvgIpc) is 2.74. The number of carboxylic acids is 1. The first-order chi connectivity index (χ1) is 14.1. The van der Waals surface area contributed by atoms with Gasteiger partial charge in [0.2, 0.25) is 0 Å². The van der Waals surface area contributed by atoms with Gasteiger partial charge in [-0.1, -0.05) is 37.3 Å². The van der Waals surface area contributed by atoms with Crippen molar-refractivity contribution in [1.82, 2.24) is 9.78 Å². The predicted octanol–water partition coefficient (Wildman–Crippen LogP) is 2.90. The number of aliphatic carboxylic acids is 1. The van der Waals surface area contributed by atoms with Crippen molar-refractivity contribution in [3.8, 4) is 5.75 Å². The molecule has 29 heavy (non-hydrogen) atoms. The van der Waals surface area contributed by atoms with Gasteiger partial charge in [-0.3, -0.25) is 4.79 Å². The lowest BCUT2D eigenvalue weighted by atomic mass is 10.1. The Labute approximate surface area is 168 Å². The van der Waals surface area contributed by atoms with Crippen LogP contribution in [0.4, 0.5) is 0 Å². The van der Waals surface area contributed by atoms with E-state index in [1.165, 1.54) is 4.68 Å². The highest BCUT2D eigenvalue weighted by atomic mass is 16.5. The van der Waals surface area contributed by atoms with E-state index in [-0.39, 0.29) is 5.56 Å². The Bertz CT molecular complexity index is 1010. The van der Waals surface area contributed by atoms with Gasteiger partial charge in [0, 0.05) is 18.4 Å². The monoisotopic (exact) mass is 396 g/mol. The molecule has 1 heterocycles. The van der Waals surface area contributed by atoms with Crippen LogP contribution in [0.3, 0.4) is 0 Å². The number of rotatable bonds is 10. The van der Waals surface area contributed by atoms with E-state index in [9.17, 15) is 14.7 Å². The van der Waals surface area contributed by atoms with E-state index in [1.54, 1.807) is 24.4 Å². The second kappa shape index (κ2) is 9.84. The summed E-state index contributed by atoms with van der Waals surface area (Å²) in [6.07, 6.45) is 1.88. The minimum Gasteiger partial charge on any atom is -0.492 e. The Hall–Kier alpha value is -3.19. The molecular formula is C22H24N2O5. The molecule has 0 aliphatic rings. The van der Waals surface area contributed by atoms with Gasteiger partial charge in [-0.05, 0) is 30.2 Å². The molecule has 0 aliphatic carbocycles. The SMILES string of the molecule is CCCOC(Cc1ccc(OCCn2ncc3ccccc3c2=O)cc1)C(=O)O. The van der Waals surface area contributed by atoms with Crippen LogP contribution in [0, 0.1) is 0 Å². The summed E-state index contributed by atoms with van der Waals surface area (Å²) in [6.45, 7) is 2.98. The van der Waals surface area contributed by atoms with E-state index in [0.29, 0.717) is 37.3 Å². The predicted molar refractivity (Wildman–Crippen MR) is 109 cm³/mol. The lowest BCUT2D eigenvalue weighted by Crippen LogP contribution is -2.26. The van der Waals surface area contributed by atoms with Crippen LogP contribution in [0.15, 0.2) is 59.5 Å². The molecule has 0 spiro atoms. The second-order valence-corrected chi connectivity index (χ2v) is 6.65. The van der Waals surface area contributed by atoms with Gasteiger partial charge in [0.25, 0.3) is 5.56 Å². The number of nitrogens with zero attached hydrogens (tertiary/aromatic N) is 2. The second-order valence-electron chi connectivity index (χ2n) is 6.65. The first-order valence-electron chi connectivity index (χ1n) is 9.59. The van der Waals surface area contributed by atoms with Gasteiger partial charge < -0.3 is 14.6 Å². The Balaban J connectivity index is 1.56. The highest BCUT2D eigenvalue weighted by Gasteiger charge is 2.18. The summed E-state index contributed by atoms with van der Waals surface area (Å²) in [6, 6.07) is 14.5. The van der Waals surface area contributed by atoms with Crippen LogP contribution >= 0.6 is 0 Å². The molecule has 0 bridgehead atoms. The van der Waals surface area contributed by atoms with Gasteiger partial charge in [0.15, 0.2) is 6.10 Å². The molecule has 1 unspecified atom stereocenters. The normalized spacial score (nSPS) is 12.0. The van der Waals surface area contributed by atoms with E-state index < -0.39 is 12.1 Å². The molecule has 1 aromatic heterocycles. The van der Waals surface area contributed by atoms with Crippen LogP contribution in [0.5, 0.6) is 5.75 Å². The third kappa shape index (κ3) is 5.42. The maximum Gasteiger partial charge on any atom is 0.333 e. The van der Waals surface area contributed by atoms with Crippen molar-refractivity contribution in [3.05, 3.63) is 70.6 Å². The van der Waals surface area contributed by atoms with Crippen molar-refractivity contribution < 1.29 is 19.4 Å². The molecule has 0 saturated carbocycles. The van der Waals surface area contributed by atoms with Gasteiger partial charge >= 0.3 is 5.97 Å². The quantitative estimate of drug-likeness (QED) is 0.567. The molecule has 2 aromatic carbocycles. The maximum absolute atomic E-state index is 12.4. The van der Waals surface area contributed by atoms with Crippen molar-refractivity contribution in [2.24, 2.45) is 0 Å². The van der Waals surface area contributed by atoms with Crippen LogP contribution in [-0.4, -0.2) is 40.2 Å². The Kier molecular flexibility index (Phi) is 6.97. The maximum atomic E-state index is 12.4. The number of benzene rings is 2. The Morgan fingerprint density at radius 2 is 1.90 bits per heavy atom. The smallest absolute Gasteiger partial charge is 0.333 e. The van der Waals surface area contributed by atoms with Crippen LogP contribution in [0.2, 0.25) is 0 Å². The third-order valence-corrected chi connectivity index (χ3v) is 4.48. The summed E-state index contributed by atoms with van der Waals surface area (Å²) in [5.41, 5.74) is 0.710. The van der Waals surface area contributed by atoms with E-state index in [2.05, 4.69) is 5.10 Å². The molecule has 7 heteroatoms. The number of carbonyl (C=O) groups is 1. The molecule has 0 radical (unpaired) electrons. The van der Waals surface area contributed by atoms with Crippen LogP contribution in [-0.2, 0) is 22.5 Å². The van der Waals surface area contributed by atoms with E-state index in [4.69, 9.17) is 9.47 Å². The van der Waals surface area contributed by atoms with Crippen LogP contribution < -0.4 is 10.3 Å². The Morgan fingerprint density at radius 1 is 1.14 bits per heavy atom. The molecule has 0 amide bonds. The lowest BCUT2D eigenvalue weighted by Gasteiger charge is -2.13. The molecule has 0 fully saturated rings. The zero-order chi connectivity index (χ0) is 20.6.